The molecule has 0 aromatic carbocycles. The van der Waals surface area contributed by atoms with E-state index in [0.29, 0.717) is 12.1 Å². The number of nitrogens with one attached hydrogen (secondary N) is 1. The highest BCUT2D eigenvalue weighted by Gasteiger charge is 2.36. The van der Waals surface area contributed by atoms with Crippen molar-refractivity contribution >= 4 is 28.9 Å². The predicted molar refractivity (Wildman–Crippen MR) is 84.9 cm³/mol. The molecule has 0 amide bonds. The average Bonchev–Trinajstić information content (AvgIpc) is 3.07. The number of thiophene rings is 1. The summed E-state index contributed by atoms with van der Waals surface area (Å²) < 4.78 is 0. The fourth-order valence-electron chi connectivity index (χ4n) is 2.89. The summed E-state index contributed by atoms with van der Waals surface area (Å²) >= 11 is 7.59. The maximum atomic E-state index is 11.0. The monoisotopic (exact) mass is 328 g/mol. The van der Waals surface area contributed by atoms with E-state index >= 15 is 0 Å². The summed E-state index contributed by atoms with van der Waals surface area (Å²) in [5, 5.41) is 15.3. The molecule has 21 heavy (non-hydrogen) atoms. The lowest BCUT2D eigenvalue weighted by atomic mass is 9.85. The highest BCUT2D eigenvalue weighted by atomic mass is 35.5. The molecule has 116 valence electrons. The van der Waals surface area contributed by atoms with Gasteiger partial charge in [0.1, 0.15) is 0 Å². The van der Waals surface area contributed by atoms with Gasteiger partial charge < -0.3 is 10.4 Å². The van der Waals surface area contributed by atoms with Crippen LogP contribution < -0.4 is 5.32 Å². The normalized spacial score (nSPS) is 25.0. The van der Waals surface area contributed by atoms with Crippen LogP contribution in [0.2, 0.25) is 5.02 Å². The van der Waals surface area contributed by atoms with Crippen LogP contribution >= 0.6 is 22.9 Å². The van der Waals surface area contributed by atoms with Crippen LogP contribution in [0.5, 0.6) is 0 Å². The van der Waals surface area contributed by atoms with Crippen molar-refractivity contribution in [3.05, 3.63) is 21.3 Å². The smallest absolute Gasteiger partial charge is 0.317 e. The number of carbonyl (C=O) groups is 1. The Kier molecular flexibility index (Phi) is 4.84. The molecule has 2 aliphatic carbocycles. The van der Waals surface area contributed by atoms with Gasteiger partial charge in [-0.2, -0.15) is 0 Å². The minimum Gasteiger partial charge on any atom is -0.480 e. The molecule has 0 aliphatic heterocycles. The zero-order chi connectivity index (χ0) is 14.8. The second-order valence-electron chi connectivity index (χ2n) is 6.20. The van der Waals surface area contributed by atoms with Crippen molar-refractivity contribution in [1.82, 2.24) is 10.2 Å². The van der Waals surface area contributed by atoms with Gasteiger partial charge >= 0.3 is 5.97 Å². The topological polar surface area (TPSA) is 52.6 Å². The van der Waals surface area contributed by atoms with Gasteiger partial charge in [0.15, 0.2) is 0 Å². The molecule has 3 rings (SSSR count). The molecule has 0 bridgehead atoms. The standard InChI is InChI=1S/C15H21ClN2O2S/c16-11-3-14(21-9-11)6-17-12-4-13(5-12)18(8-15(19)20)7-10-1-2-10/h3,9-10,12-13,17H,1-2,4-8H2,(H,19,20). The molecule has 2 N–H and O–H groups in total. The number of nitrogens with zero attached hydrogens (tertiary/aromatic N) is 1. The Labute approximate surface area is 134 Å². The van der Waals surface area contributed by atoms with Gasteiger partial charge in [0, 0.05) is 35.4 Å². The summed E-state index contributed by atoms with van der Waals surface area (Å²) in [5.74, 6) is 0.0323. The van der Waals surface area contributed by atoms with Crippen LogP contribution in [0.25, 0.3) is 0 Å². The third-order valence-electron chi connectivity index (χ3n) is 4.34. The van der Waals surface area contributed by atoms with Crippen molar-refractivity contribution in [2.45, 2.75) is 44.3 Å². The van der Waals surface area contributed by atoms with Crippen LogP contribution in [-0.4, -0.2) is 41.1 Å². The molecule has 0 unspecified atom stereocenters. The van der Waals surface area contributed by atoms with E-state index < -0.39 is 5.97 Å². The highest BCUT2D eigenvalue weighted by Crippen LogP contribution is 2.34. The predicted octanol–water partition coefficient (Wildman–Crippen LogP) is 2.82. The largest absolute Gasteiger partial charge is 0.480 e. The average molecular weight is 329 g/mol. The Morgan fingerprint density at radius 2 is 2.24 bits per heavy atom. The molecule has 1 heterocycles. The lowest BCUT2D eigenvalue weighted by molar-refractivity contribution is -0.139. The van der Waals surface area contributed by atoms with Crippen LogP contribution in [0.1, 0.15) is 30.6 Å². The van der Waals surface area contributed by atoms with E-state index in [2.05, 4.69) is 10.2 Å². The molecule has 1 aromatic heterocycles. The maximum Gasteiger partial charge on any atom is 0.317 e. The van der Waals surface area contributed by atoms with Gasteiger partial charge in [-0.15, -0.1) is 11.3 Å². The minimum absolute atomic E-state index is 0.189. The number of halogens is 1. The maximum absolute atomic E-state index is 11.0. The van der Waals surface area contributed by atoms with Gasteiger partial charge in [-0.1, -0.05) is 11.6 Å². The third kappa shape index (κ3) is 4.42. The van der Waals surface area contributed by atoms with Crippen LogP contribution in [-0.2, 0) is 11.3 Å². The zero-order valence-corrected chi connectivity index (χ0v) is 13.5. The number of carboxylic acids is 1. The van der Waals surface area contributed by atoms with E-state index in [1.807, 2.05) is 11.4 Å². The SMILES string of the molecule is O=C(O)CN(CC1CC1)C1CC(NCc2cc(Cl)cs2)C1. The molecule has 2 fully saturated rings. The van der Waals surface area contributed by atoms with Gasteiger partial charge in [-0.05, 0) is 37.7 Å². The van der Waals surface area contributed by atoms with Gasteiger partial charge in [0.25, 0.3) is 0 Å². The van der Waals surface area contributed by atoms with Crippen molar-refractivity contribution in [3.63, 3.8) is 0 Å². The Bertz CT molecular complexity index is 498. The van der Waals surface area contributed by atoms with Gasteiger partial charge in [0.05, 0.1) is 11.6 Å². The number of hydrogen-bond donors (Lipinski definition) is 2. The van der Waals surface area contributed by atoms with Crippen molar-refractivity contribution in [2.24, 2.45) is 5.92 Å². The van der Waals surface area contributed by atoms with E-state index in [-0.39, 0.29) is 6.54 Å². The van der Waals surface area contributed by atoms with Gasteiger partial charge in [0.2, 0.25) is 0 Å². The molecule has 1 aromatic rings. The van der Waals surface area contributed by atoms with E-state index in [9.17, 15) is 4.79 Å². The molecule has 6 heteroatoms. The second-order valence-corrected chi connectivity index (χ2v) is 7.63. The molecular formula is C15H21ClN2O2S. The third-order valence-corrected chi connectivity index (χ3v) is 5.63. The fraction of sp³-hybridized carbons (Fsp3) is 0.667. The van der Waals surface area contributed by atoms with Gasteiger partial charge in [-0.3, -0.25) is 9.69 Å². The first-order valence-electron chi connectivity index (χ1n) is 7.52. The molecule has 0 radical (unpaired) electrons. The number of carboxylic acid groups (broad SMARTS) is 1. The number of hydrogen-bond acceptors (Lipinski definition) is 4. The van der Waals surface area contributed by atoms with Crippen molar-refractivity contribution in [2.75, 3.05) is 13.1 Å². The molecule has 0 saturated heterocycles. The van der Waals surface area contributed by atoms with E-state index in [4.69, 9.17) is 16.7 Å². The molecule has 4 nitrogen and oxygen atoms in total. The van der Waals surface area contributed by atoms with E-state index in [1.165, 1.54) is 17.7 Å². The summed E-state index contributed by atoms with van der Waals surface area (Å²) in [6.45, 7) is 2.01. The second kappa shape index (κ2) is 6.65. The summed E-state index contributed by atoms with van der Waals surface area (Å²) in [7, 11) is 0. The van der Waals surface area contributed by atoms with E-state index in [1.54, 1.807) is 11.3 Å². The Morgan fingerprint density at radius 1 is 1.48 bits per heavy atom. The van der Waals surface area contributed by atoms with Gasteiger partial charge in [-0.25, -0.2) is 0 Å². The summed E-state index contributed by atoms with van der Waals surface area (Å²) in [4.78, 5) is 14.4. The Morgan fingerprint density at radius 3 is 2.81 bits per heavy atom. The first-order valence-corrected chi connectivity index (χ1v) is 8.78. The van der Waals surface area contributed by atoms with Crippen LogP contribution in [0.3, 0.4) is 0 Å². The van der Waals surface area contributed by atoms with Crippen LogP contribution in [0.4, 0.5) is 0 Å². The fourth-order valence-corrected chi connectivity index (χ4v) is 3.92. The first kappa shape index (κ1) is 15.3. The number of rotatable bonds is 8. The van der Waals surface area contributed by atoms with E-state index in [0.717, 1.165) is 36.9 Å². The van der Waals surface area contributed by atoms with Crippen molar-refractivity contribution < 1.29 is 9.90 Å². The highest BCUT2D eigenvalue weighted by molar-refractivity contribution is 7.10. The quantitative estimate of drug-likeness (QED) is 0.770. The van der Waals surface area contributed by atoms with Crippen molar-refractivity contribution in [3.8, 4) is 0 Å². The molecule has 2 aliphatic rings. The first-order chi connectivity index (χ1) is 10.1. The van der Waals surface area contributed by atoms with Crippen molar-refractivity contribution in [1.29, 1.82) is 0 Å². The number of aliphatic carboxylic acids is 1. The Balaban J connectivity index is 1.41. The van der Waals surface area contributed by atoms with Crippen LogP contribution in [0.15, 0.2) is 11.4 Å². The molecular weight excluding hydrogens is 308 g/mol. The lowest BCUT2D eigenvalue weighted by Gasteiger charge is -2.43. The Hall–Kier alpha value is -0.620. The lowest BCUT2D eigenvalue weighted by Crippen LogP contribution is -2.54. The van der Waals surface area contributed by atoms with Crippen LogP contribution in [0, 0.1) is 5.92 Å². The minimum atomic E-state index is -0.708. The summed E-state index contributed by atoms with van der Waals surface area (Å²) in [5.41, 5.74) is 0. The summed E-state index contributed by atoms with van der Waals surface area (Å²) in [6.07, 6.45) is 4.64. The summed E-state index contributed by atoms with van der Waals surface area (Å²) in [6, 6.07) is 2.94. The molecule has 0 spiro atoms. The molecule has 0 atom stereocenters. The molecule has 2 saturated carbocycles. The zero-order valence-electron chi connectivity index (χ0n) is 11.9.